The standard InChI is InChI=1S/C47H34N2/c1-47(2)42-20-12-11-19-39(42)40-26-25-35(29-43(40)47)31-21-23-32(24-22-31)36-27-28-41(38-18-10-9-17-37(36)38)45-30-44(33-13-5-3-6-14-33)48-46(49-45)34-15-7-4-8-16-34/h3-30H,1-2H3. The Morgan fingerprint density at radius 2 is 0.878 bits per heavy atom. The summed E-state index contributed by atoms with van der Waals surface area (Å²) < 4.78 is 0. The third-order valence-corrected chi connectivity index (χ3v) is 10.1. The highest BCUT2D eigenvalue weighted by Gasteiger charge is 2.35. The summed E-state index contributed by atoms with van der Waals surface area (Å²) in [5, 5.41) is 2.37. The van der Waals surface area contributed by atoms with Gasteiger partial charge in [-0.25, -0.2) is 9.97 Å². The van der Waals surface area contributed by atoms with E-state index in [2.05, 4.69) is 159 Å². The Labute approximate surface area is 287 Å². The van der Waals surface area contributed by atoms with Crippen molar-refractivity contribution in [3.63, 3.8) is 0 Å². The molecule has 2 nitrogen and oxygen atoms in total. The van der Waals surface area contributed by atoms with Crippen molar-refractivity contribution in [3.8, 4) is 67.3 Å². The first-order valence-corrected chi connectivity index (χ1v) is 16.9. The van der Waals surface area contributed by atoms with Gasteiger partial charge in [-0.15, -0.1) is 0 Å². The van der Waals surface area contributed by atoms with E-state index in [0.717, 1.165) is 33.9 Å². The monoisotopic (exact) mass is 626 g/mol. The van der Waals surface area contributed by atoms with Gasteiger partial charge in [0.05, 0.1) is 11.4 Å². The Kier molecular flexibility index (Phi) is 6.84. The van der Waals surface area contributed by atoms with Gasteiger partial charge in [-0.2, -0.15) is 0 Å². The molecule has 1 aliphatic carbocycles. The summed E-state index contributed by atoms with van der Waals surface area (Å²) in [5.41, 5.74) is 15.3. The lowest BCUT2D eigenvalue weighted by molar-refractivity contribution is 0.660. The number of benzene rings is 7. The quantitative estimate of drug-likeness (QED) is 0.190. The van der Waals surface area contributed by atoms with Crippen molar-refractivity contribution in [2.24, 2.45) is 0 Å². The van der Waals surface area contributed by atoms with Crippen LogP contribution >= 0.6 is 0 Å². The fraction of sp³-hybridized carbons (Fsp3) is 0.0638. The van der Waals surface area contributed by atoms with Crippen LogP contribution in [0.4, 0.5) is 0 Å². The second-order valence-electron chi connectivity index (χ2n) is 13.4. The molecule has 0 N–H and O–H groups in total. The maximum absolute atomic E-state index is 5.13. The van der Waals surface area contributed by atoms with Gasteiger partial charge in [0.1, 0.15) is 0 Å². The Bertz CT molecular complexity index is 2440. The van der Waals surface area contributed by atoms with Crippen LogP contribution in [0.3, 0.4) is 0 Å². The predicted octanol–water partition coefficient (Wildman–Crippen LogP) is 12.3. The topological polar surface area (TPSA) is 25.8 Å². The number of aromatic nitrogens is 2. The molecule has 49 heavy (non-hydrogen) atoms. The number of hydrogen-bond acceptors (Lipinski definition) is 2. The lowest BCUT2D eigenvalue weighted by atomic mass is 9.81. The van der Waals surface area contributed by atoms with Crippen LogP contribution in [0.2, 0.25) is 0 Å². The van der Waals surface area contributed by atoms with Gasteiger partial charge in [0, 0.05) is 22.1 Å². The average molecular weight is 627 g/mol. The van der Waals surface area contributed by atoms with Gasteiger partial charge in [-0.05, 0) is 67.4 Å². The van der Waals surface area contributed by atoms with E-state index >= 15 is 0 Å². The normalized spacial score (nSPS) is 12.9. The van der Waals surface area contributed by atoms with Gasteiger partial charge >= 0.3 is 0 Å². The molecule has 2 heteroatoms. The zero-order valence-electron chi connectivity index (χ0n) is 27.6. The van der Waals surface area contributed by atoms with E-state index in [1.54, 1.807) is 0 Å². The fourth-order valence-corrected chi connectivity index (χ4v) is 7.56. The van der Waals surface area contributed by atoms with E-state index in [0.29, 0.717) is 0 Å². The summed E-state index contributed by atoms with van der Waals surface area (Å²) in [6, 6.07) is 60.7. The first kappa shape index (κ1) is 29.1. The van der Waals surface area contributed by atoms with E-state index in [1.165, 1.54) is 55.3 Å². The van der Waals surface area contributed by atoms with Crippen LogP contribution in [-0.2, 0) is 5.41 Å². The summed E-state index contributed by atoms with van der Waals surface area (Å²) in [7, 11) is 0. The molecule has 0 atom stereocenters. The van der Waals surface area contributed by atoms with Crippen molar-refractivity contribution < 1.29 is 0 Å². The molecule has 232 valence electrons. The molecule has 0 aliphatic heterocycles. The largest absolute Gasteiger partial charge is 0.228 e. The van der Waals surface area contributed by atoms with Crippen molar-refractivity contribution in [2.75, 3.05) is 0 Å². The zero-order valence-corrected chi connectivity index (χ0v) is 27.6. The van der Waals surface area contributed by atoms with Gasteiger partial charge in [0.2, 0.25) is 0 Å². The highest BCUT2D eigenvalue weighted by atomic mass is 14.9. The molecule has 0 amide bonds. The van der Waals surface area contributed by atoms with Crippen molar-refractivity contribution in [1.82, 2.24) is 9.97 Å². The summed E-state index contributed by atoms with van der Waals surface area (Å²) in [6.45, 7) is 4.68. The number of hydrogen-bond donors (Lipinski definition) is 0. The van der Waals surface area contributed by atoms with Gasteiger partial charge < -0.3 is 0 Å². The van der Waals surface area contributed by atoms with Crippen LogP contribution < -0.4 is 0 Å². The van der Waals surface area contributed by atoms with Crippen molar-refractivity contribution in [2.45, 2.75) is 19.3 Å². The Morgan fingerprint density at radius 1 is 0.347 bits per heavy atom. The van der Waals surface area contributed by atoms with Crippen LogP contribution in [0.5, 0.6) is 0 Å². The highest BCUT2D eigenvalue weighted by molar-refractivity contribution is 6.05. The minimum atomic E-state index is -0.0179. The predicted molar refractivity (Wildman–Crippen MR) is 204 cm³/mol. The van der Waals surface area contributed by atoms with Gasteiger partial charge in [-0.1, -0.05) is 172 Å². The molecule has 0 unspecified atom stereocenters. The SMILES string of the molecule is CC1(C)c2ccccc2-c2ccc(-c3ccc(-c4ccc(-c5cc(-c6ccccc6)nc(-c6ccccc6)n5)c5ccccc45)cc3)cc21. The third-order valence-electron chi connectivity index (χ3n) is 10.1. The minimum absolute atomic E-state index is 0.0179. The lowest BCUT2D eigenvalue weighted by Gasteiger charge is -2.22. The molecular formula is C47H34N2. The van der Waals surface area contributed by atoms with Crippen LogP contribution in [0.25, 0.3) is 78.1 Å². The number of rotatable bonds is 5. The van der Waals surface area contributed by atoms with Gasteiger partial charge in [0.25, 0.3) is 0 Å². The number of nitrogens with zero attached hydrogens (tertiary/aromatic N) is 2. The maximum Gasteiger partial charge on any atom is 0.160 e. The van der Waals surface area contributed by atoms with Crippen molar-refractivity contribution >= 4 is 10.8 Å². The molecule has 0 saturated carbocycles. The molecule has 1 heterocycles. The van der Waals surface area contributed by atoms with E-state index in [1.807, 2.05) is 24.3 Å². The van der Waals surface area contributed by atoms with Crippen LogP contribution in [-0.4, -0.2) is 9.97 Å². The highest BCUT2D eigenvalue weighted by Crippen LogP contribution is 2.49. The molecule has 0 saturated heterocycles. The minimum Gasteiger partial charge on any atom is -0.228 e. The zero-order chi connectivity index (χ0) is 33.0. The van der Waals surface area contributed by atoms with Gasteiger partial charge in [0.15, 0.2) is 5.82 Å². The Morgan fingerprint density at radius 3 is 1.63 bits per heavy atom. The molecule has 0 spiro atoms. The fourth-order valence-electron chi connectivity index (χ4n) is 7.56. The molecule has 0 bridgehead atoms. The van der Waals surface area contributed by atoms with E-state index in [4.69, 9.17) is 9.97 Å². The summed E-state index contributed by atoms with van der Waals surface area (Å²) >= 11 is 0. The molecule has 0 fully saturated rings. The first-order chi connectivity index (χ1) is 24.0. The Balaban J connectivity index is 1.11. The lowest BCUT2D eigenvalue weighted by Crippen LogP contribution is -2.14. The van der Waals surface area contributed by atoms with Crippen LogP contribution in [0, 0.1) is 0 Å². The Hall–Kier alpha value is -6.12. The summed E-state index contributed by atoms with van der Waals surface area (Å²) in [5.74, 6) is 0.722. The van der Waals surface area contributed by atoms with Crippen LogP contribution in [0.15, 0.2) is 170 Å². The first-order valence-electron chi connectivity index (χ1n) is 16.9. The van der Waals surface area contributed by atoms with Crippen LogP contribution in [0.1, 0.15) is 25.0 Å². The molecule has 1 aromatic heterocycles. The smallest absolute Gasteiger partial charge is 0.160 e. The maximum atomic E-state index is 5.13. The van der Waals surface area contributed by atoms with Gasteiger partial charge in [-0.3, -0.25) is 0 Å². The van der Waals surface area contributed by atoms with E-state index < -0.39 is 0 Å². The summed E-state index contributed by atoms with van der Waals surface area (Å²) in [6.07, 6.45) is 0. The third kappa shape index (κ3) is 4.96. The molecule has 1 aliphatic rings. The van der Waals surface area contributed by atoms with Crippen molar-refractivity contribution in [3.05, 3.63) is 181 Å². The number of fused-ring (bicyclic) bond motifs is 4. The molecular weight excluding hydrogens is 593 g/mol. The second kappa shape index (κ2) is 11.5. The van der Waals surface area contributed by atoms with E-state index in [-0.39, 0.29) is 5.41 Å². The second-order valence-corrected chi connectivity index (χ2v) is 13.4. The summed E-state index contributed by atoms with van der Waals surface area (Å²) in [4.78, 5) is 10.1. The molecule has 8 aromatic rings. The average Bonchev–Trinajstić information content (AvgIpc) is 3.40. The molecule has 0 radical (unpaired) electrons. The molecule has 9 rings (SSSR count). The van der Waals surface area contributed by atoms with Crippen molar-refractivity contribution in [1.29, 1.82) is 0 Å². The molecule has 7 aromatic carbocycles. The van der Waals surface area contributed by atoms with E-state index in [9.17, 15) is 0 Å².